The third-order valence-electron chi connectivity index (χ3n) is 5.18. The van der Waals surface area contributed by atoms with E-state index in [1.165, 1.54) is 38.5 Å². The van der Waals surface area contributed by atoms with Crippen molar-refractivity contribution < 1.29 is 9.53 Å². The average Bonchev–Trinajstić information content (AvgIpc) is 2.54. The summed E-state index contributed by atoms with van der Waals surface area (Å²) < 4.78 is 5.70. The van der Waals surface area contributed by atoms with E-state index in [-0.39, 0.29) is 12.1 Å². The summed E-state index contributed by atoms with van der Waals surface area (Å²) in [7, 11) is 1.88. The zero-order valence-corrected chi connectivity index (χ0v) is 13.8. The molecule has 2 fully saturated rings. The normalized spacial score (nSPS) is 29.9. The van der Waals surface area contributed by atoms with Crippen LogP contribution in [0.1, 0.15) is 58.3 Å². The van der Waals surface area contributed by atoms with Gasteiger partial charge in [0, 0.05) is 26.7 Å². The van der Waals surface area contributed by atoms with Crippen LogP contribution in [0.5, 0.6) is 0 Å². The molecule has 0 aromatic carbocycles. The highest BCUT2D eigenvalue weighted by molar-refractivity contribution is 5.73. The van der Waals surface area contributed by atoms with Gasteiger partial charge in [0.2, 0.25) is 0 Å². The fourth-order valence-electron chi connectivity index (χ4n) is 3.55. The predicted molar refractivity (Wildman–Crippen MR) is 85.4 cm³/mol. The molecule has 1 aliphatic heterocycles. The van der Waals surface area contributed by atoms with Gasteiger partial charge in [0.15, 0.2) is 0 Å². The van der Waals surface area contributed by atoms with Gasteiger partial charge in [-0.15, -0.1) is 0 Å². The minimum atomic E-state index is 0.0572. The first kappa shape index (κ1) is 16.6. The lowest BCUT2D eigenvalue weighted by molar-refractivity contribution is 0.00380. The molecule has 2 rings (SSSR count). The Morgan fingerprint density at radius 1 is 1.14 bits per heavy atom. The van der Waals surface area contributed by atoms with E-state index in [9.17, 15) is 4.79 Å². The zero-order valence-electron chi connectivity index (χ0n) is 13.8. The number of nitrogens with one attached hydrogen (secondary N) is 1. The van der Waals surface area contributed by atoms with Crippen LogP contribution in [0.4, 0.5) is 4.79 Å². The number of ether oxygens (including phenoxy) is 1. The number of likely N-dealkylation sites (N-methyl/N-ethyl adjacent to an activating group) is 1. The quantitative estimate of drug-likeness (QED) is 0.844. The van der Waals surface area contributed by atoms with Crippen LogP contribution in [0.15, 0.2) is 0 Å². The van der Waals surface area contributed by atoms with E-state index in [0.29, 0.717) is 12.5 Å². The van der Waals surface area contributed by atoms with Crippen LogP contribution >= 0.6 is 0 Å². The number of hydrogen-bond donors (Lipinski definition) is 1. The topological polar surface area (TPSA) is 41.6 Å². The minimum Gasteiger partial charge on any atom is -0.376 e. The summed E-state index contributed by atoms with van der Waals surface area (Å²) >= 11 is 0. The molecule has 1 N–H and O–H groups in total. The summed E-state index contributed by atoms with van der Waals surface area (Å²) in [5, 5.41) is 3.11. The second-order valence-electron chi connectivity index (χ2n) is 6.85. The van der Waals surface area contributed by atoms with E-state index in [1.807, 2.05) is 7.05 Å². The number of carbonyl (C=O) groups is 1. The van der Waals surface area contributed by atoms with E-state index in [2.05, 4.69) is 12.2 Å². The van der Waals surface area contributed by atoms with Crippen LogP contribution in [0.25, 0.3) is 0 Å². The van der Waals surface area contributed by atoms with Gasteiger partial charge in [-0.2, -0.15) is 0 Å². The summed E-state index contributed by atoms with van der Waals surface area (Å²) in [6, 6.07) is 0.0572. The molecule has 0 aromatic rings. The molecular weight excluding hydrogens is 264 g/mol. The molecule has 4 heteroatoms. The van der Waals surface area contributed by atoms with Crippen molar-refractivity contribution in [2.75, 3.05) is 26.7 Å². The van der Waals surface area contributed by atoms with Crippen molar-refractivity contribution in [2.24, 2.45) is 11.8 Å². The molecule has 122 valence electrons. The Kier molecular flexibility index (Phi) is 6.81. The van der Waals surface area contributed by atoms with Gasteiger partial charge in [0.25, 0.3) is 0 Å². The molecule has 1 saturated carbocycles. The van der Waals surface area contributed by atoms with Crippen molar-refractivity contribution in [3.05, 3.63) is 0 Å². The summed E-state index contributed by atoms with van der Waals surface area (Å²) in [4.78, 5) is 13.9. The van der Waals surface area contributed by atoms with E-state index >= 15 is 0 Å². The van der Waals surface area contributed by atoms with Gasteiger partial charge in [-0.05, 0) is 43.9 Å². The number of rotatable bonds is 5. The van der Waals surface area contributed by atoms with Crippen molar-refractivity contribution in [1.82, 2.24) is 10.2 Å². The van der Waals surface area contributed by atoms with Crippen LogP contribution < -0.4 is 5.32 Å². The second-order valence-corrected chi connectivity index (χ2v) is 6.85. The van der Waals surface area contributed by atoms with Crippen LogP contribution in [-0.4, -0.2) is 43.8 Å². The summed E-state index contributed by atoms with van der Waals surface area (Å²) in [5.41, 5.74) is 0. The van der Waals surface area contributed by atoms with Gasteiger partial charge in [-0.25, -0.2) is 4.79 Å². The molecule has 1 heterocycles. The first-order valence-corrected chi connectivity index (χ1v) is 8.79. The van der Waals surface area contributed by atoms with Crippen molar-refractivity contribution >= 4 is 6.03 Å². The van der Waals surface area contributed by atoms with Crippen molar-refractivity contribution in [2.45, 2.75) is 64.4 Å². The third-order valence-corrected chi connectivity index (χ3v) is 5.18. The molecule has 2 aliphatic rings. The molecule has 21 heavy (non-hydrogen) atoms. The Morgan fingerprint density at radius 3 is 2.48 bits per heavy atom. The Morgan fingerprint density at radius 2 is 1.86 bits per heavy atom. The Labute approximate surface area is 129 Å². The van der Waals surface area contributed by atoms with Gasteiger partial charge < -0.3 is 15.0 Å². The highest BCUT2D eigenvalue weighted by Gasteiger charge is 2.22. The minimum absolute atomic E-state index is 0.0572. The van der Waals surface area contributed by atoms with E-state index < -0.39 is 0 Å². The zero-order chi connectivity index (χ0) is 15.1. The van der Waals surface area contributed by atoms with Crippen LogP contribution in [0.2, 0.25) is 0 Å². The molecule has 1 aliphatic carbocycles. The molecular formula is C17H32N2O2. The standard InChI is InChI=1S/C17H32N2O2/c1-3-14-7-9-15(10-8-14)12-18-17(20)19(2)13-16-6-4-5-11-21-16/h14-16H,3-13H2,1-2H3,(H,18,20). The number of urea groups is 1. The fraction of sp³-hybridized carbons (Fsp3) is 0.941. The van der Waals surface area contributed by atoms with Crippen molar-refractivity contribution in [3.63, 3.8) is 0 Å². The highest BCUT2D eigenvalue weighted by Crippen LogP contribution is 2.30. The van der Waals surface area contributed by atoms with Gasteiger partial charge in [-0.3, -0.25) is 0 Å². The molecule has 0 bridgehead atoms. The van der Waals surface area contributed by atoms with Gasteiger partial charge in [0.1, 0.15) is 0 Å². The molecule has 0 aromatic heterocycles. The van der Waals surface area contributed by atoms with Crippen LogP contribution in [0, 0.1) is 11.8 Å². The van der Waals surface area contributed by atoms with Gasteiger partial charge >= 0.3 is 6.03 Å². The molecule has 0 spiro atoms. The maximum Gasteiger partial charge on any atom is 0.317 e. The lowest BCUT2D eigenvalue weighted by atomic mass is 9.81. The monoisotopic (exact) mass is 296 g/mol. The molecule has 1 atom stereocenters. The van der Waals surface area contributed by atoms with E-state index in [1.54, 1.807) is 4.90 Å². The largest absolute Gasteiger partial charge is 0.376 e. The molecule has 0 radical (unpaired) electrons. The Bertz CT molecular complexity index is 308. The number of amides is 2. The Hall–Kier alpha value is -0.770. The SMILES string of the molecule is CCC1CCC(CNC(=O)N(C)CC2CCCCO2)CC1. The van der Waals surface area contributed by atoms with Crippen molar-refractivity contribution in [1.29, 1.82) is 0 Å². The number of carbonyl (C=O) groups excluding carboxylic acids is 1. The fourth-order valence-corrected chi connectivity index (χ4v) is 3.55. The Balaban J connectivity index is 1.62. The van der Waals surface area contributed by atoms with Crippen LogP contribution in [-0.2, 0) is 4.74 Å². The lowest BCUT2D eigenvalue weighted by Gasteiger charge is -2.30. The van der Waals surface area contributed by atoms with E-state index in [0.717, 1.165) is 31.9 Å². The van der Waals surface area contributed by atoms with Crippen molar-refractivity contribution in [3.8, 4) is 0 Å². The number of nitrogens with zero attached hydrogens (tertiary/aromatic N) is 1. The molecule has 4 nitrogen and oxygen atoms in total. The lowest BCUT2D eigenvalue weighted by Crippen LogP contribution is -2.44. The molecule has 1 unspecified atom stereocenters. The van der Waals surface area contributed by atoms with Gasteiger partial charge in [0.05, 0.1) is 6.10 Å². The van der Waals surface area contributed by atoms with E-state index in [4.69, 9.17) is 4.74 Å². The second kappa shape index (κ2) is 8.62. The summed E-state index contributed by atoms with van der Waals surface area (Å²) in [5.74, 6) is 1.60. The average molecular weight is 296 g/mol. The number of hydrogen-bond acceptors (Lipinski definition) is 2. The van der Waals surface area contributed by atoms with Crippen LogP contribution in [0.3, 0.4) is 0 Å². The first-order chi connectivity index (χ1) is 10.2. The maximum absolute atomic E-state index is 12.1. The predicted octanol–water partition coefficient (Wildman–Crippen LogP) is 3.41. The van der Waals surface area contributed by atoms with Gasteiger partial charge in [-0.1, -0.05) is 26.2 Å². The highest BCUT2D eigenvalue weighted by atomic mass is 16.5. The molecule has 2 amide bonds. The summed E-state index contributed by atoms with van der Waals surface area (Å²) in [6.45, 7) is 4.69. The smallest absolute Gasteiger partial charge is 0.317 e. The summed E-state index contributed by atoms with van der Waals surface area (Å²) in [6.07, 6.45) is 10.2. The maximum atomic E-state index is 12.1. The first-order valence-electron chi connectivity index (χ1n) is 8.79. The molecule has 1 saturated heterocycles. The third kappa shape index (κ3) is 5.50.